The average Bonchev–Trinajstić information content (AvgIpc) is 3.25. The quantitative estimate of drug-likeness (QED) is 0.337. The summed E-state index contributed by atoms with van der Waals surface area (Å²) in [6, 6.07) is 9.86. The Morgan fingerprint density at radius 3 is 2.51 bits per heavy atom. The highest BCUT2D eigenvalue weighted by atomic mass is 16.5. The zero-order valence-electron chi connectivity index (χ0n) is 23.2. The summed E-state index contributed by atoms with van der Waals surface area (Å²) >= 11 is 0. The Kier molecular flexibility index (Phi) is 7.44. The van der Waals surface area contributed by atoms with E-state index < -0.39 is 0 Å². The van der Waals surface area contributed by atoms with Gasteiger partial charge < -0.3 is 9.84 Å². The number of esters is 1. The van der Waals surface area contributed by atoms with E-state index in [1.807, 2.05) is 37.3 Å². The number of aliphatic hydroxyl groups is 1. The Morgan fingerprint density at radius 2 is 1.78 bits per heavy atom. The second-order valence-corrected chi connectivity index (χ2v) is 13.2. The molecule has 0 bridgehead atoms. The predicted octanol–water partition coefficient (Wildman–Crippen LogP) is 6.90. The van der Waals surface area contributed by atoms with E-state index in [-0.39, 0.29) is 34.7 Å². The molecule has 4 heteroatoms. The van der Waals surface area contributed by atoms with Crippen molar-refractivity contribution in [3.05, 3.63) is 47.5 Å². The number of rotatable bonds is 6. The molecular formula is C33H46O4. The van der Waals surface area contributed by atoms with E-state index in [4.69, 9.17) is 4.74 Å². The lowest BCUT2D eigenvalue weighted by molar-refractivity contribution is -0.150. The molecule has 1 N–H and O–H groups in total. The third kappa shape index (κ3) is 4.62. The van der Waals surface area contributed by atoms with E-state index in [0.29, 0.717) is 42.5 Å². The molecule has 0 amide bonds. The number of hydrogen-bond acceptors (Lipinski definition) is 4. The van der Waals surface area contributed by atoms with Gasteiger partial charge in [0.05, 0.1) is 6.10 Å². The van der Waals surface area contributed by atoms with Crippen molar-refractivity contribution in [3.63, 3.8) is 0 Å². The highest BCUT2D eigenvalue weighted by Gasteiger charge is 2.64. The number of fused-ring (bicyclic) bond motifs is 5. The van der Waals surface area contributed by atoms with Crippen LogP contribution in [0.2, 0.25) is 0 Å². The Labute approximate surface area is 223 Å². The summed E-state index contributed by atoms with van der Waals surface area (Å²) in [5, 5.41) is 10.5. The molecule has 0 aromatic heterocycles. The molecule has 37 heavy (non-hydrogen) atoms. The van der Waals surface area contributed by atoms with Gasteiger partial charge in [-0.2, -0.15) is 0 Å². The highest BCUT2D eigenvalue weighted by molar-refractivity contribution is 5.99. The van der Waals surface area contributed by atoms with Crippen LogP contribution >= 0.6 is 0 Å². The molecular weight excluding hydrogens is 460 g/mol. The minimum absolute atomic E-state index is 0.113. The van der Waals surface area contributed by atoms with Crippen LogP contribution in [0, 0.1) is 46.3 Å². The van der Waals surface area contributed by atoms with Gasteiger partial charge in [0, 0.05) is 12.3 Å². The van der Waals surface area contributed by atoms with Crippen LogP contribution in [0.1, 0.15) is 91.0 Å². The minimum Gasteiger partial charge on any atom is -0.461 e. The molecule has 0 radical (unpaired) electrons. The van der Waals surface area contributed by atoms with Gasteiger partial charge in [-0.1, -0.05) is 57.2 Å². The van der Waals surface area contributed by atoms with Gasteiger partial charge in [0.2, 0.25) is 0 Å². The summed E-state index contributed by atoms with van der Waals surface area (Å²) in [6.07, 6.45) is 10.3. The van der Waals surface area contributed by atoms with Gasteiger partial charge in [0.1, 0.15) is 6.61 Å². The normalized spacial score (nSPS) is 41.0. The summed E-state index contributed by atoms with van der Waals surface area (Å²) < 4.78 is 5.54. The first-order valence-corrected chi connectivity index (χ1v) is 14.8. The summed E-state index contributed by atoms with van der Waals surface area (Å²) in [4.78, 5) is 26.5. The Bertz CT molecular complexity index is 1030. The third-order valence-corrected chi connectivity index (χ3v) is 11.5. The molecule has 4 saturated carbocycles. The van der Waals surface area contributed by atoms with Crippen molar-refractivity contribution in [1.29, 1.82) is 0 Å². The van der Waals surface area contributed by atoms with Crippen molar-refractivity contribution in [2.75, 3.05) is 0 Å². The lowest BCUT2D eigenvalue weighted by atomic mass is 9.43. The van der Waals surface area contributed by atoms with Crippen molar-refractivity contribution in [1.82, 2.24) is 0 Å². The first-order valence-electron chi connectivity index (χ1n) is 14.8. The lowest BCUT2D eigenvalue weighted by Gasteiger charge is -2.61. The number of benzene rings is 1. The molecule has 0 unspecified atom stereocenters. The standard InChI is InChI=1S/C33H46O4/c1-5-24-28-19-23(34)15-17-33(28,4)27-16-18-32(3)25(12-13-26(32)30(27)31(24)36)21(2)11-14-29(35)37-20-22-9-7-6-8-10-22/h5-10,21,23,25-28,30,34H,11-20H2,1-4H3/b24-5-/t21-,23-,25-,26+,27+,28+,30+,32-,33-/m0/s1. The topological polar surface area (TPSA) is 63.6 Å². The molecule has 4 aliphatic rings. The number of allylic oxidation sites excluding steroid dienone is 2. The Balaban J connectivity index is 1.27. The zero-order valence-corrected chi connectivity index (χ0v) is 23.2. The van der Waals surface area contributed by atoms with Crippen LogP contribution < -0.4 is 0 Å². The van der Waals surface area contributed by atoms with Gasteiger partial charge in [-0.3, -0.25) is 9.59 Å². The summed E-state index contributed by atoms with van der Waals surface area (Å²) in [5.41, 5.74) is 2.30. The fourth-order valence-electron chi connectivity index (χ4n) is 9.52. The van der Waals surface area contributed by atoms with Gasteiger partial charge in [0.25, 0.3) is 0 Å². The molecule has 0 saturated heterocycles. The smallest absolute Gasteiger partial charge is 0.306 e. The number of ketones is 1. The molecule has 4 fully saturated rings. The Morgan fingerprint density at radius 1 is 1.08 bits per heavy atom. The van der Waals surface area contributed by atoms with Crippen LogP contribution in [-0.4, -0.2) is 23.0 Å². The monoisotopic (exact) mass is 506 g/mol. The molecule has 202 valence electrons. The van der Waals surface area contributed by atoms with Crippen molar-refractivity contribution in [2.24, 2.45) is 46.3 Å². The van der Waals surface area contributed by atoms with Crippen molar-refractivity contribution < 1.29 is 19.4 Å². The van der Waals surface area contributed by atoms with Gasteiger partial charge in [-0.15, -0.1) is 0 Å². The van der Waals surface area contributed by atoms with E-state index in [0.717, 1.165) is 56.1 Å². The van der Waals surface area contributed by atoms with E-state index in [2.05, 4.69) is 26.8 Å². The molecule has 4 aliphatic carbocycles. The molecule has 1 aromatic carbocycles. The summed E-state index contributed by atoms with van der Waals surface area (Å²) in [5.74, 6) is 2.43. The van der Waals surface area contributed by atoms with Crippen LogP contribution in [0.4, 0.5) is 0 Å². The average molecular weight is 507 g/mol. The molecule has 0 heterocycles. The van der Waals surface area contributed by atoms with Crippen molar-refractivity contribution in [2.45, 2.75) is 98.2 Å². The molecule has 9 atom stereocenters. The van der Waals surface area contributed by atoms with Crippen LogP contribution in [0.15, 0.2) is 42.0 Å². The van der Waals surface area contributed by atoms with E-state index >= 15 is 0 Å². The maximum Gasteiger partial charge on any atom is 0.306 e. The van der Waals surface area contributed by atoms with E-state index in [9.17, 15) is 14.7 Å². The van der Waals surface area contributed by atoms with Gasteiger partial charge in [-0.25, -0.2) is 0 Å². The largest absolute Gasteiger partial charge is 0.461 e. The highest BCUT2D eigenvalue weighted by Crippen LogP contribution is 2.68. The number of hydrogen-bond donors (Lipinski definition) is 1. The van der Waals surface area contributed by atoms with Crippen molar-refractivity contribution in [3.8, 4) is 0 Å². The molecule has 0 aliphatic heterocycles. The minimum atomic E-state index is -0.276. The number of ether oxygens (including phenoxy) is 1. The maximum atomic E-state index is 14.0. The van der Waals surface area contributed by atoms with Gasteiger partial charge in [-0.05, 0) is 110 Å². The van der Waals surface area contributed by atoms with Crippen LogP contribution in [0.5, 0.6) is 0 Å². The number of aliphatic hydroxyl groups excluding tert-OH is 1. The van der Waals surface area contributed by atoms with E-state index in [1.54, 1.807) is 0 Å². The second-order valence-electron chi connectivity index (χ2n) is 13.2. The summed E-state index contributed by atoms with van der Waals surface area (Å²) in [7, 11) is 0. The third-order valence-electron chi connectivity index (χ3n) is 11.5. The lowest BCUT2D eigenvalue weighted by Crippen LogP contribution is -2.58. The summed E-state index contributed by atoms with van der Waals surface area (Å²) in [6.45, 7) is 9.56. The first-order chi connectivity index (χ1) is 17.7. The molecule has 0 spiro atoms. The molecule has 5 rings (SSSR count). The predicted molar refractivity (Wildman–Crippen MR) is 145 cm³/mol. The molecule has 4 nitrogen and oxygen atoms in total. The number of carbonyl (C=O) groups is 2. The SMILES string of the molecule is C/C=C1\C(=O)[C@H]2[C@@H](CC[C@]3(C)[C@@H]2CC[C@H]3[C@@H](C)CCC(=O)OCc2ccccc2)[C@]2(C)CC[C@H](O)C[C@H]12. The van der Waals surface area contributed by atoms with Crippen LogP contribution in [0.3, 0.4) is 0 Å². The van der Waals surface area contributed by atoms with Crippen LogP contribution in [-0.2, 0) is 20.9 Å². The van der Waals surface area contributed by atoms with E-state index in [1.165, 1.54) is 6.42 Å². The van der Waals surface area contributed by atoms with Crippen molar-refractivity contribution >= 4 is 11.8 Å². The zero-order chi connectivity index (χ0) is 26.4. The first kappa shape index (κ1) is 26.7. The fraction of sp³-hybridized carbons (Fsp3) is 0.697. The Hall–Kier alpha value is -1.94. The number of carbonyl (C=O) groups excluding carboxylic acids is 2. The molecule has 1 aromatic rings. The second kappa shape index (κ2) is 10.3. The van der Waals surface area contributed by atoms with Gasteiger partial charge >= 0.3 is 5.97 Å². The van der Waals surface area contributed by atoms with Gasteiger partial charge in [0.15, 0.2) is 5.78 Å². The van der Waals surface area contributed by atoms with Crippen LogP contribution in [0.25, 0.3) is 0 Å². The fourth-order valence-corrected chi connectivity index (χ4v) is 9.52. The number of Topliss-reactive ketones (excluding diaryl/α,β-unsaturated/α-hetero) is 1. The maximum absolute atomic E-state index is 14.0.